The minimum absolute atomic E-state index is 0.880. The molecule has 0 atom stereocenters. The number of fused-ring (bicyclic) bond motifs is 11. The number of hydrogen-bond acceptors (Lipinski definition) is 4. The van der Waals surface area contributed by atoms with Crippen molar-refractivity contribution in [2.75, 3.05) is 9.80 Å². The molecule has 0 N–H and O–H groups in total. The number of hydrogen-bond donors (Lipinski definition) is 0. The maximum Gasteiger partial charge on any atom is 0.135 e. The molecule has 0 spiro atoms. The van der Waals surface area contributed by atoms with Crippen molar-refractivity contribution in [3.63, 3.8) is 0 Å². The summed E-state index contributed by atoms with van der Waals surface area (Å²) in [6, 6.07) is 74.6. The second-order valence-electron chi connectivity index (χ2n) is 14.9. The molecule has 0 unspecified atom stereocenters. The van der Waals surface area contributed by atoms with Gasteiger partial charge in [-0.3, -0.25) is 0 Å². The van der Waals surface area contributed by atoms with Crippen LogP contribution in [0.5, 0.6) is 0 Å². The summed E-state index contributed by atoms with van der Waals surface area (Å²) < 4.78 is 8.90. The molecular weight excluding hydrogens is 725 g/mol. The molecule has 3 nitrogen and oxygen atoms in total. The average Bonchev–Trinajstić information content (AvgIpc) is 3.85. The second-order valence-corrected chi connectivity index (χ2v) is 16.0. The number of benzene rings is 10. The lowest BCUT2D eigenvalue weighted by molar-refractivity contribution is 0.669. The van der Waals surface area contributed by atoms with Gasteiger partial charge in [0.1, 0.15) is 11.2 Å². The minimum Gasteiger partial charge on any atom is -0.456 e. The van der Waals surface area contributed by atoms with Crippen LogP contribution in [-0.4, -0.2) is 0 Å². The Morgan fingerprint density at radius 2 is 0.879 bits per heavy atom. The normalized spacial score (nSPS) is 11.8. The molecule has 0 saturated heterocycles. The fraction of sp³-hybridized carbons (Fsp3) is 0. The molecule has 58 heavy (non-hydrogen) atoms. The van der Waals surface area contributed by atoms with Crippen molar-refractivity contribution in [2.24, 2.45) is 0 Å². The van der Waals surface area contributed by atoms with Gasteiger partial charge < -0.3 is 14.2 Å². The van der Waals surface area contributed by atoms with Crippen LogP contribution in [0.3, 0.4) is 0 Å². The highest BCUT2D eigenvalue weighted by atomic mass is 32.1. The van der Waals surface area contributed by atoms with E-state index in [0.717, 1.165) is 61.4 Å². The van der Waals surface area contributed by atoms with E-state index in [9.17, 15) is 0 Å². The van der Waals surface area contributed by atoms with Gasteiger partial charge in [0.05, 0.1) is 5.69 Å². The molecule has 4 heteroatoms. The van der Waals surface area contributed by atoms with Crippen molar-refractivity contribution in [3.05, 3.63) is 206 Å². The van der Waals surface area contributed by atoms with Gasteiger partial charge >= 0.3 is 0 Å². The molecule has 12 aromatic rings. The first-order valence-corrected chi connectivity index (χ1v) is 20.5. The van der Waals surface area contributed by atoms with E-state index < -0.39 is 0 Å². The van der Waals surface area contributed by atoms with Crippen molar-refractivity contribution in [3.8, 4) is 0 Å². The van der Waals surface area contributed by atoms with Crippen molar-refractivity contribution in [2.45, 2.75) is 0 Å². The van der Waals surface area contributed by atoms with Crippen LogP contribution in [0.1, 0.15) is 0 Å². The Hall–Kier alpha value is -7.40. The molecule has 12 rings (SSSR count). The van der Waals surface area contributed by atoms with Crippen molar-refractivity contribution >= 4 is 120 Å². The number of furan rings is 1. The summed E-state index contributed by atoms with van der Waals surface area (Å²) in [7, 11) is 0. The topological polar surface area (TPSA) is 19.6 Å². The standard InChI is InChI=1S/C54H34N2OS/c1-3-15-37(16-4-1)55(41-25-29-46-47-27-23-35-13-7-10-20-43(35)54(47)58-53(46)34-41)39-24-28-44-42-19-9-8-14-36(42)31-50(48(44)32-39)56(38-17-5-2-6-18-38)40-26-30-52-49(33-40)45-21-11-12-22-51(45)57-52/h1-34H. The Morgan fingerprint density at radius 3 is 1.69 bits per heavy atom. The lowest BCUT2D eigenvalue weighted by atomic mass is 9.97. The molecule has 272 valence electrons. The number of anilines is 6. The van der Waals surface area contributed by atoms with Crippen LogP contribution in [-0.2, 0) is 0 Å². The van der Waals surface area contributed by atoms with Crippen LogP contribution < -0.4 is 9.80 Å². The van der Waals surface area contributed by atoms with Crippen LogP contribution in [0.25, 0.3) is 74.4 Å². The molecule has 0 saturated carbocycles. The third-order valence-corrected chi connectivity index (χ3v) is 12.8. The summed E-state index contributed by atoms with van der Waals surface area (Å²) in [5.74, 6) is 0. The Labute approximate surface area is 338 Å². The smallest absolute Gasteiger partial charge is 0.135 e. The summed E-state index contributed by atoms with van der Waals surface area (Å²) in [6.07, 6.45) is 0. The van der Waals surface area contributed by atoms with E-state index in [2.05, 4.69) is 204 Å². The van der Waals surface area contributed by atoms with Crippen LogP contribution in [0.2, 0.25) is 0 Å². The largest absolute Gasteiger partial charge is 0.456 e. The Kier molecular flexibility index (Phi) is 7.40. The van der Waals surface area contributed by atoms with E-state index in [-0.39, 0.29) is 0 Å². The van der Waals surface area contributed by atoms with E-state index in [1.54, 1.807) is 0 Å². The first-order chi connectivity index (χ1) is 28.7. The number of rotatable bonds is 6. The zero-order valence-corrected chi connectivity index (χ0v) is 32.2. The quantitative estimate of drug-likeness (QED) is 0.157. The monoisotopic (exact) mass is 758 g/mol. The Bertz CT molecular complexity index is 3530. The van der Waals surface area contributed by atoms with E-state index in [1.165, 1.54) is 47.1 Å². The third-order valence-electron chi connectivity index (χ3n) is 11.6. The summed E-state index contributed by atoms with van der Waals surface area (Å²) in [4.78, 5) is 4.80. The van der Waals surface area contributed by atoms with E-state index in [0.29, 0.717) is 0 Å². The maximum absolute atomic E-state index is 6.29. The highest BCUT2D eigenvalue weighted by Crippen LogP contribution is 2.47. The van der Waals surface area contributed by atoms with Crippen molar-refractivity contribution in [1.82, 2.24) is 0 Å². The molecular formula is C54H34N2OS. The van der Waals surface area contributed by atoms with E-state index >= 15 is 0 Å². The third kappa shape index (κ3) is 5.19. The van der Waals surface area contributed by atoms with Crippen LogP contribution in [0.4, 0.5) is 34.1 Å². The van der Waals surface area contributed by atoms with E-state index in [4.69, 9.17) is 4.42 Å². The van der Waals surface area contributed by atoms with Gasteiger partial charge in [-0.15, -0.1) is 11.3 Å². The number of para-hydroxylation sites is 3. The van der Waals surface area contributed by atoms with Crippen molar-refractivity contribution < 1.29 is 4.42 Å². The predicted octanol–water partition coefficient (Wildman–Crippen LogP) is 16.4. The summed E-state index contributed by atoms with van der Waals surface area (Å²) >= 11 is 1.88. The molecule has 0 aliphatic carbocycles. The molecule has 2 aromatic heterocycles. The minimum atomic E-state index is 0.880. The predicted molar refractivity (Wildman–Crippen MR) is 248 cm³/mol. The fourth-order valence-electron chi connectivity index (χ4n) is 8.91. The molecule has 2 heterocycles. The average molecular weight is 759 g/mol. The zero-order chi connectivity index (χ0) is 38.2. The highest BCUT2D eigenvalue weighted by Gasteiger charge is 2.22. The van der Waals surface area contributed by atoms with Gasteiger partial charge in [-0.1, -0.05) is 127 Å². The number of nitrogens with zero attached hydrogens (tertiary/aromatic N) is 2. The first-order valence-electron chi connectivity index (χ1n) is 19.7. The molecule has 10 aromatic carbocycles. The second kappa shape index (κ2) is 13.1. The summed E-state index contributed by atoms with van der Waals surface area (Å²) in [5.41, 5.74) is 8.34. The van der Waals surface area contributed by atoms with Gasteiger partial charge in [-0.25, -0.2) is 0 Å². The lowest BCUT2D eigenvalue weighted by Crippen LogP contribution is -2.12. The van der Waals surface area contributed by atoms with Crippen molar-refractivity contribution in [1.29, 1.82) is 0 Å². The van der Waals surface area contributed by atoms with E-state index in [1.807, 2.05) is 23.5 Å². The molecule has 0 amide bonds. The summed E-state index contributed by atoms with van der Waals surface area (Å²) in [5, 5.41) is 12.2. The molecule has 0 radical (unpaired) electrons. The van der Waals surface area contributed by atoms with Crippen LogP contribution in [0.15, 0.2) is 211 Å². The van der Waals surface area contributed by atoms with Gasteiger partial charge in [0.25, 0.3) is 0 Å². The zero-order valence-electron chi connectivity index (χ0n) is 31.3. The highest BCUT2D eigenvalue weighted by molar-refractivity contribution is 7.26. The summed E-state index contributed by atoms with van der Waals surface area (Å²) in [6.45, 7) is 0. The molecule has 0 aliphatic rings. The van der Waals surface area contributed by atoms with Gasteiger partial charge in [-0.05, 0) is 106 Å². The van der Waals surface area contributed by atoms with Gasteiger partial charge in [0.15, 0.2) is 0 Å². The van der Waals surface area contributed by atoms with Gasteiger partial charge in [0.2, 0.25) is 0 Å². The Balaban J connectivity index is 1.10. The van der Waals surface area contributed by atoms with Crippen LogP contribution in [0, 0.1) is 0 Å². The Morgan fingerprint density at radius 1 is 0.310 bits per heavy atom. The van der Waals surface area contributed by atoms with Gasteiger partial charge in [0, 0.05) is 64.8 Å². The molecule has 0 fully saturated rings. The maximum atomic E-state index is 6.29. The van der Waals surface area contributed by atoms with Crippen LogP contribution >= 0.6 is 11.3 Å². The fourth-order valence-corrected chi connectivity index (χ4v) is 10.2. The SMILES string of the molecule is c1ccc(N(c2ccc3c(c2)sc2c4ccccc4ccc32)c2ccc3c(c2)c(N(c2ccccc2)c2ccc4oc5ccccc5c4c2)cc2ccccc23)cc1. The molecule has 0 bridgehead atoms. The lowest BCUT2D eigenvalue weighted by Gasteiger charge is -2.29. The molecule has 0 aliphatic heterocycles. The van der Waals surface area contributed by atoms with Gasteiger partial charge in [-0.2, -0.15) is 0 Å². The number of thiophene rings is 1. The first kappa shape index (κ1) is 32.8.